The third-order valence-corrected chi connectivity index (χ3v) is 3.61. The molecule has 2 rings (SSSR count). The van der Waals surface area contributed by atoms with E-state index in [2.05, 4.69) is 15.9 Å². The van der Waals surface area contributed by atoms with Gasteiger partial charge in [0.2, 0.25) is 0 Å². The molecule has 0 unspecified atom stereocenters. The van der Waals surface area contributed by atoms with Crippen LogP contribution in [0.3, 0.4) is 0 Å². The van der Waals surface area contributed by atoms with Crippen LogP contribution in [0, 0.1) is 17.0 Å². The molecule has 0 bridgehead atoms. The van der Waals surface area contributed by atoms with Crippen LogP contribution in [-0.2, 0) is 7.05 Å². The molecule has 5 heteroatoms. The molecule has 0 fully saturated rings. The molecule has 0 saturated carbocycles. The number of rotatable bonds is 1. The lowest BCUT2D eigenvalue weighted by atomic mass is 10.2. The molecule has 4 nitrogen and oxygen atoms in total. The number of nitro groups is 1. The molecule has 0 amide bonds. The molecule has 0 radical (unpaired) electrons. The summed E-state index contributed by atoms with van der Waals surface area (Å²) in [6, 6.07) is 4.88. The fraction of sp³-hybridized carbons (Fsp3) is 0.200. The second-order valence-corrected chi connectivity index (χ2v) is 4.21. The summed E-state index contributed by atoms with van der Waals surface area (Å²) in [4.78, 5) is 10.3. The highest BCUT2D eigenvalue weighted by Gasteiger charge is 2.13. The highest BCUT2D eigenvalue weighted by molar-refractivity contribution is 9.10. The van der Waals surface area contributed by atoms with E-state index >= 15 is 0 Å². The van der Waals surface area contributed by atoms with Crippen molar-refractivity contribution in [3.8, 4) is 0 Å². The first kappa shape index (κ1) is 10.2. The zero-order valence-electron chi connectivity index (χ0n) is 8.32. The normalized spacial score (nSPS) is 10.9. The quantitative estimate of drug-likeness (QED) is 0.589. The van der Waals surface area contributed by atoms with Crippen LogP contribution in [0.15, 0.2) is 22.7 Å². The summed E-state index contributed by atoms with van der Waals surface area (Å²) in [5.41, 5.74) is 2.17. The van der Waals surface area contributed by atoms with Crippen LogP contribution in [0.25, 0.3) is 10.9 Å². The van der Waals surface area contributed by atoms with Crippen LogP contribution in [0.5, 0.6) is 0 Å². The van der Waals surface area contributed by atoms with Gasteiger partial charge in [-0.25, -0.2) is 0 Å². The Balaban J connectivity index is 2.82. The van der Waals surface area contributed by atoms with Crippen molar-refractivity contribution in [2.24, 2.45) is 7.05 Å². The van der Waals surface area contributed by atoms with Crippen molar-refractivity contribution in [1.82, 2.24) is 4.57 Å². The third-order valence-electron chi connectivity index (χ3n) is 2.61. The molecule has 2 aromatic rings. The van der Waals surface area contributed by atoms with Gasteiger partial charge in [-0.3, -0.25) is 10.1 Å². The molecule has 0 aliphatic heterocycles. The first-order chi connectivity index (χ1) is 7.02. The van der Waals surface area contributed by atoms with E-state index < -0.39 is 0 Å². The SMILES string of the molecule is Cc1c(Br)c2cc([N+](=O)[O-])ccc2n1C. The van der Waals surface area contributed by atoms with Gasteiger partial charge >= 0.3 is 0 Å². The Hall–Kier alpha value is -1.36. The summed E-state index contributed by atoms with van der Waals surface area (Å²) >= 11 is 3.44. The fourth-order valence-corrected chi connectivity index (χ4v) is 2.21. The predicted molar refractivity (Wildman–Crippen MR) is 62.0 cm³/mol. The number of nitrogens with zero attached hydrogens (tertiary/aromatic N) is 2. The van der Waals surface area contributed by atoms with Gasteiger partial charge < -0.3 is 4.57 Å². The second kappa shape index (κ2) is 3.34. The van der Waals surface area contributed by atoms with Gasteiger partial charge in [-0.05, 0) is 28.9 Å². The first-order valence-corrected chi connectivity index (χ1v) is 5.20. The third kappa shape index (κ3) is 1.43. The molecule has 1 aromatic heterocycles. The van der Waals surface area contributed by atoms with Crippen LogP contribution in [0.4, 0.5) is 5.69 Å². The smallest absolute Gasteiger partial charge is 0.270 e. The summed E-state index contributed by atoms with van der Waals surface area (Å²) < 4.78 is 2.92. The van der Waals surface area contributed by atoms with E-state index in [0.717, 1.165) is 21.1 Å². The molecular weight excluding hydrogens is 260 g/mol. The number of hydrogen-bond donors (Lipinski definition) is 0. The van der Waals surface area contributed by atoms with Gasteiger partial charge in [0.15, 0.2) is 0 Å². The van der Waals surface area contributed by atoms with Crippen molar-refractivity contribution in [2.75, 3.05) is 0 Å². The van der Waals surface area contributed by atoms with E-state index in [0.29, 0.717) is 0 Å². The topological polar surface area (TPSA) is 48.1 Å². The van der Waals surface area contributed by atoms with Gasteiger partial charge in [-0.15, -0.1) is 0 Å². The molecule has 1 aromatic carbocycles. The maximum atomic E-state index is 10.6. The van der Waals surface area contributed by atoms with E-state index in [1.165, 1.54) is 6.07 Å². The monoisotopic (exact) mass is 268 g/mol. The van der Waals surface area contributed by atoms with Gasteiger partial charge in [-0.1, -0.05) is 0 Å². The lowest BCUT2D eigenvalue weighted by molar-refractivity contribution is -0.384. The molecule has 0 N–H and O–H groups in total. The number of aromatic nitrogens is 1. The van der Waals surface area contributed by atoms with Gasteiger partial charge in [0, 0.05) is 40.2 Å². The van der Waals surface area contributed by atoms with Crippen molar-refractivity contribution in [1.29, 1.82) is 0 Å². The van der Waals surface area contributed by atoms with Crippen molar-refractivity contribution < 1.29 is 4.92 Å². The Kier molecular flexibility index (Phi) is 2.26. The fourth-order valence-electron chi connectivity index (χ4n) is 1.63. The van der Waals surface area contributed by atoms with Gasteiger partial charge in [0.25, 0.3) is 5.69 Å². The maximum absolute atomic E-state index is 10.6. The number of halogens is 1. The molecule has 0 saturated heterocycles. The van der Waals surface area contributed by atoms with Crippen LogP contribution in [-0.4, -0.2) is 9.49 Å². The van der Waals surface area contributed by atoms with E-state index in [1.54, 1.807) is 12.1 Å². The molecule has 0 aliphatic carbocycles. The summed E-state index contributed by atoms with van der Waals surface area (Å²) in [5, 5.41) is 11.5. The minimum Gasteiger partial charge on any atom is -0.347 e. The van der Waals surface area contributed by atoms with Gasteiger partial charge in [0.05, 0.1) is 4.92 Å². The average molecular weight is 269 g/mol. The lowest BCUT2D eigenvalue weighted by Gasteiger charge is -1.97. The van der Waals surface area contributed by atoms with E-state index in [4.69, 9.17) is 0 Å². The van der Waals surface area contributed by atoms with Crippen LogP contribution >= 0.6 is 15.9 Å². The first-order valence-electron chi connectivity index (χ1n) is 4.41. The van der Waals surface area contributed by atoms with E-state index in [9.17, 15) is 10.1 Å². The minimum atomic E-state index is -0.381. The second-order valence-electron chi connectivity index (χ2n) is 3.42. The Morgan fingerprint density at radius 2 is 2.13 bits per heavy atom. The van der Waals surface area contributed by atoms with Crippen LogP contribution in [0.1, 0.15) is 5.69 Å². The molecule has 0 atom stereocenters. The Morgan fingerprint density at radius 3 is 2.73 bits per heavy atom. The van der Waals surface area contributed by atoms with Crippen molar-refractivity contribution in [2.45, 2.75) is 6.92 Å². The number of benzene rings is 1. The van der Waals surface area contributed by atoms with E-state index in [1.807, 2.05) is 18.5 Å². The number of fused-ring (bicyclic) bond motifs is 1. The summed E-state index contributed by atoms with van der Waals surface area (Å²) in [7, 11) is 1.94. The molecule has 15 heavy (non-hydrogen) atoms. The minimum absolute atomic E-state index is 0.119. The Labute approximate surface area is 94.8 Å². The summed E-state index contributed by atoms with van der Waals surface area (Å²) in [5.74, 6) is 0. The molecule has 0 spiro atoms. The lowest BCUT2D eigenvalue weighted by Crippen LogP contribution is -1.90. The van der Waals surface area contributed by atoms with Crippen molar-refractivity contribution in [3.63, 3.8) is 0 Å². The van der Waals surface area contributed by atoms with Crippen molar-refractivity contribution >= 4 is 32.5 Å². The van der Waals surface area contributed by atoms with Crippen LogP contribution < -0.4 is 0 Å². The summed E-state index contributed by atoms with van der Waals surface area (Å²) in [6.45, 7) is 1.97. The van der Waals surface area contributed by atoms with Gasteiger partial charge in [0.1, 0.15) is 0 Å². The molecule has 0 aliphatic rings. The zero-order chi connectivity index (χ0) is 11.2. The number of non-ortho nitro benzene ring substituents is 1. The van der Waals surface area contributed by atoms with Gasteiger partial charge in [-0.2, -0.15) is 0 Å². The standard InChI is InChI=1S/C10H9BrN2O2/c1-6-10(11)8-5-7(13(14)15)3-4-9(8)12(6)2/h3-5H,1-2H3. The van der Waals surface area contributed by atoms with E-state index in [-0.39, 0.29) is 10.6 Å². The Morgan fingerprint density at radius 1 is 1.47 bits per heavy atom. The average Bonchev–Trinajstić information content (AvgIpc) is 2.44. The number of hydrogen-bond acceptors (Lipinski definition) is 2. The molecule has 1 heterocycles. The maximum Gasteiger partial charge on any atom is 0.270 e. The summed E-state index contributed by atoms with van der Waals surface area (Å²) in [6.07, 6.45) is 0. The Bertz CT molecular complexity index is 560. The number of aryl methyl sites for hydroxylation is 1. The predicted octanol–water partition coefficient (Wildman–Crippen LogP) is 3.16. The highest BCUT2D eigenvalue weighted by atomic mass is 79.9. The molecule has 78 valence electrons. The zero-order valence-corrected chi connectivity index (χ0v) is 9.91. The number of nitro benzene ring substituents is 1. The highest BCUT2D eigenvalue weighted by Crippen LogP contribution is 2.32. The van der Waals surface area contributed by atoms with Crippen LogP contribution in [0.2, 0.25) is 0 Å². The van der Waals surface area contributed by atoms with Crippen molar-refractivity contribution in [3.05, 3.63) is 38.5 Å². The molecular formula is C10H9BrN2O2. The largest absolute Gasteiger partial charge is 0.347 e.